The van der Waals surface area contributed by atoms with Crippen molar-refractivity contribution in [3.8, 4) is 0 Å². The highest BCUT2D eigenvalue weighted by Gasteiger charge is 2.00. The predicted molar refractivity (Wildman–Crippen MR) is 77.6 cm³/mol. The van der Waals surface area contributed by atoms with Crippen molar-refractivity contribution < 1.29 is 29.9 Å². The highest BCUT2D eigenvalue weighted by molar-refractivity contribution is 4.91. The second-order valence-electron chi connectivity index (χ2n) is 5.01. The Morgan fingerprint density at radius 2 is 1.50 bits per heavy atom. The lowest BCUT2D eigenvalue weighted by Crippen LogP contribution is -2.16. The van der Waals surface area contributed by atoms with E-state index in [-0.39, 0.29) is 12.5 Å². The molecular weight excluding hydrogens is 264 g/mol. The smallest absolute Gasteiger partial charge is 0.0803 e. The minimum Gasteiger partial charge on any atom is -0.516 e. The molecule has 0 aromatic rings. The summed E-state index contributed by atoms with van der Waals surface area (Å²) in [6, 6.07) is 0. The van der Waals surface area contributed by atoms with Crippen molar-refractivity contribution in [2.24, 2.45) is 5.92 Å². The second-order valence-corrected chi connectivity index (χ2v) is 5.01. The SMILES string of the molecule is C/C(=C\O)COCC(C)O.CC(O)COCC(C)CO. The molecule has 0 aliphatic rings. The molecule has 4 N–H and O–H groups in total. The molecule has 0 amide bonds. The van der Waals surface area contributed by atoms with Gasteiger partial charge in [-0.25, -0.2) is 0 Å². The van der Waals surface area contributed by atoms with E-state index in [2.05, 4.69) is 0 Å². The van der Waals surface area contributed by atoms with Crippen molar-refractivity contribution in [3.05, 3.63) is 11.8 Å². The van der Waals surface area contributed by atoms with Crippen LogP contribution in [0.3, 0.4) is 0 Å². The predicted octanol–water partition coefficient (Wildman–Crippen LogP) is 0.858. The zero-order valence-electron chi connectivity index (χ0n) is 13.0. The van der Waals surface area contributed by atoms with E-state index in [0.29, 0.717) is 26.4 Å². The fourth-order valence-electron chi connectivity index (χ4n) is 0.920. The first-order valence-electron chi connectivity index (χ1n) is 6.75. The quantitative estimate of drug-likeness (QED) is 0.471. The summed E-state index contributed by atoms with van der Waals surface area (Å²) < 4.78 is 10.0. The Labute approximate surface area is 121 Å². The van der Waals surface area contributed by atoms with E-state index in [4.69, 9.17) is 29.9 Å². The van der Waals surface area contributed by atoms with Crippen molar-refractivity contribution in [2.45, 2.75) is 39.9 Å². The van der Waals surface area contributed by atoms with Crippen LogP contribution >= 0.6 is 0 Å². The molecule has 6 heteroatoms. The molecule has 3 atom stereocenters. The molecule has 3 unspecified atom stereocenters. The van der Waals surface area contributed by atoms with E-state index in [1.54, 1.807) is 20.8 Å². The molecule has 20 heavy (non-hydrogen) atoms. The maximum atomic E-state index is 8.75. The van der Waals surface area contributed by atoms with Crippen molar-refractivity contribution in [1.29, 1.82) is 0 Å². The van der Waals surface area contributed by atoms with Crippen LogP contribution in [0.15, 0.2) is 11.8 Å². The highest BCUT2D eigenvalue weighted by atomic mass is 16.5. The van der Waals surface area contributed by atoms with E-state index in [9.17, 15) is 0 Å². The first kappa shape index (κ1) is 21.6. The molecule has 0 saturated carbocycles. The van der Waals surface area contributed by atoms with Gasteiger partial charge in [0.25, 0.3) is 0 Å². The fourth-order valence-corrected chi connectivity index (χ4v) is 0.920. The summed E-state index contributed by atoms with van der Waals surface area (Å²) in [5.74, 6) is 0.166. The standard InChI is InChI=1S/C7H16O3.C7H14O3/c2*1-6(3-8)4-10-5-7(2)9/h6-9H,3-5H2,1-2H3;3,7-9H,4-5H2,1-2H3/b;6-3+. The Kier molecular flexibility index (Phi) is 15.9. The van der Waals surface area contributed by atoms with Crippen LogP contribution in [0.25, 0.3) is 0 Å². The number of ether oxygens (including phenoxy) is 2. The summed E-state index contributed by atoms with van der Waals surface area (Å²) in [6.45, 7) is 8.66. The van der Waals surface area contributed by atoms with Crippen LogP contribution in [0.5, 0.6) is 0 Å². The van der Waals surface area contributed by atoms with Crippen LogP contribution < -0.4 is 0 Å². The Morgan fingerprint density at radius 3 is 1.90 bits per heavy atom. The number of aliphatic hydroxyl groups excluding tert-OH is 4. The molecule has 0 aliphatic heterocycles. The summed E-state index contributed by atoms with van der Waals surface area (Å²) in [7, 11) is 0. The number of rotatable bonds is 9. The van der Waals surface area contributed by atoms with Gasteiger partial charge in [-0.15, -0.1) is 0 Å². The van der Waals surface area contributed by atoms with Gasteiger partial charge in [0.05, 0.1) is 44.9 Å². The summed E-state index contributed by atoms with van der Waals surface area (Å²) in [5.41, 5.74) is 0.751. The maximum absolute atomic E-state index is 8.75. The van der Waals surface area contributed by atoms with E-state index < -0.39 is 12.2 Å². The van der Waals surface area contributed by atoms with Crippen LogP contribution in [-0.2, 0) is 9.47 Å². The van der Waals surface area contributed by atoms with E-state index in [1.165, 1.54) is 0 Å². The molecule has 0 fully saturated rings. The molecule has 0 aromatic carbocycles. The van der Waals surface area contributed by atoms with Crippen LogP contribution in [0.1, 0.15) is 27.7 Å². The summed E-state index contributed by atoms with van der Waals surface area (Å²) in [5, 5.41) is 34.4. The minimum absolute atomic E-state index is 0.139. The Balaban J connectivity index is 0. The molecule has 0 aromatic heterocycles. The zero-order chi connectivity index (χ0) is 16.0. The van der Waals surface area contributed by atoms with E-state index >= 15 is 0 Å². The molecule has 0 rings (SSSR count). The third-order valence-corrected chi connectivity index (χ3v) is 1.98. The molecule has 0 spiro atoms. The summed E-state index contributed by atoms with van der Waals surface area (Å²) in [6.07, 6.45) is 0.152. The molecule has 122 valence electrons. The average Bonchev–Trinajstić information content (AvgIpc) is 2.38. The largest absolute Gasteiger partial charge is 0.516 e. The lowest BCUT2D eigenvalue weighted by atomic mass is 10.2. The third-order valence-electron chi connectivity index (χ3n) is 1.98. The summed E-state index contributed by atoms with van der Waals surface area (Å²) >= 11 is 0. The van der Waals surface area contributed by atoms with Crippen molar-refractivity contribution in [1.82, 2.24) is 0 Å². The first-order chi connectivity index (χ1) is 9.33. The van der Waals surface area contributed by atoms with Crippen LogP contribution in [0.2, 0.25) is 0 Å². The lowest BCUT2D eigenvalue weighted by Gasteiger charge is -2.09. The van der Waals surface area contributed by atoms with Gasteiger partial charge in [-0.3, -0.25) is 0 Å². The third kappa shape index (κ3) is 19.7. The molecule has 0 heterocycles. The maximum Gasteiger partial charge on any atom is 0.0803 e. The average molecular weight is 294 g/mol. The molecular formula is C14H30O6. The topological polar surface area (TPSA) is 99.4 Å². The normalized spacial score (nSPS) is 16.1. The van der Waals surface area contributed by atoms with Gasteiger partial charge >= 0.3 is 0 Å². The van der Waals surface area contributed by atoms with Gasteiger partial charge in [-0.2, -0.15) is 0 Å². The highest BCUT2D eigenvalue weighted by Crippen LogP contribution is 1.94. The fraction of sp³-hybridized carbons (Fsp3) is 0.857. The molecule has 6 nitrogen and oxygen atoms in total. The van der Waals surface area contributed by atoms with Crippen LogP contribution in [-0.4, -0.2) is 65.7 Å². The Bertz CT molecular complexity index is 228. The van der Waals surface area contributed by atoms with E-state index in [0.717, 1.165) is 11.8 Å². The number of hydrogen-bond donors (Lipinski definition) is 4. The van der Waals surface area contributed by atoms with Crippen molar-refractivity contribution in [3.63, 3.8) is 0 Å². The van der Waals surface area contributed by atoms with Crippen LogP contribution in [0, 0.1) is 5.92 Å². The van der Waals surface area contributed by atoms with Crippen molar-refractivity contribution >= 4 is 0 Å². The molecule has 0 bridgehead atoms. The van der Waals surface area contributed by atoms with Gasteiger partial charge in [-0.05, 0) is 26.3 Å². The van der Waals surface area contributed by atoms with Crippen LogP contribution in [0.4, 0.5) is 0 Å². The first-order valence-corrected chi connectivity index (χ1v) is 6.75. The minimum atomic E-state index is -0.438. The van der Waals surface area contributed by atoms with Gasteiger partial charge in [-0.1, -0.05) is 6.92 Å². The molecule has 0 aliphatic carbocycles. The number of hydrogen-bond acceptors (Lipinski definition) is 6. The number of aliphatic hydroxyl groups is 4. The van der Waals surface area contributed by atoms with Gasteiger partial charge in [0.15, 0.2) is 0 Å². The summed E-state index contributed by atoms with van der Waals surface area (Å²) in [4.78, 5) is 0. The zero-order valence-corrected chi connectivity index (χ0v) is 13.0. The van der Waals surface area contributed by atoms with Crippen molar-refractivity contribution in [2.75, 3.05) is 33.0 Å². The van der Waals surface area contributed by atoms with Gasteiger partial charge in [0, 0.05) is 12.5 Å². The Morgan fingerprint density at radius 1 is 1.00 bits per heavy atom. The van der Waals surface area contributed by atoms with Gasteiger partial charge < -0.3 is 29.9 Å². The Hall–Kier alpha value is -0.660. The van der Waals surface area contributed by atoms with Gasteiger partial charge in [0.2, 0.25) is 0 Å². The molecule has 0 saturated heterocycles. The second kappa shape index (κ2) is 14.7. The molecule has 0 radical (unpaired) electrons. The van der Waals surface area contributed by atoms with Gasteiger partial charge in [0.1, 0.15) is 0 Å². The lowest BCUT2D eigenvalue weighted by molar-refractivity contribution is 0.0221. The van der Waals surface area contributed by atoms with E-state index in [1.807, 2.05) is 6.92 Å². The monoisotopic (exact) mass is 294 g/mol.